The zero-order valence-corrected chi connectivity index (χ0v) is 12.9. The van der Waals surface area contributed by atoms with Crippen molar-refractivity contribution in [2.24, 2.45) is 4.99 Å². The van der Waals surface area contributed by atoms with Crippen LogP contribution in [0.4, 0.5) is 0 Å². The van der Waals surface area contributed by atoms with Crippen LogP contribution in [0, 0.1) is 0 Å². The molecule has 4 nitrogen and oxygen atoms in total. The van der Waals surface area contributed by atoms with Crippen molar-refractivity contribution >= 4 is 5.96 Å². The Morgan fingerprint density at radius 2 is 1.95 bits per heavy atom. The van der Waals surface area contributed by atoms with E-state index in [1.165, 1.54) is 5.56 Å². The second-order valence-electron chi connectivity index (χ2n) is 4.85. The van der Waals surface area contributed by atoms with E-state index in [4.69, 9.17) is 4.74 Å². The lowest BCUT2D eigenvalue weighted by Crippen LogP contribution is -2.37. The Morgan fingerprint density at radius 1 is 1.20 bits per heavy atom. The average Bonchev–Trinajstić information content (AvgIpc) is 2.46. The van der Waals surface area contributed by atoms with E-state index in [0.29, 0.717) is 6.54 Å². The Kier molecular flexibility index (Phi) is 8.47. The highest BCUT2D eigenvalue weighted by Gasteiger charge is 2.00. The third-order valence-electron chi connectivity index (χ3n) is 2.88. The molecule has 0 bridgehead atoms. The number of nitrogens with one attached hydrogen (secondary N) is 1. The van der Waals surface area contributed by atoms with Gasteiger partial charge in [0.1, 0.15) is 0 Å². The third-order valence-corrected chi connectivity index (χ3v) is 2.88. The van der Waals surface area contributed by atoms with Gasteiger partial charge in [-0.1, -0.05) is 30.3 Å². The van der Waals surface area contributed by atoms with Crippen molar-refractivity contribution in [2.45, 2.75) is 26.3 Å². The fraction of sp³-hybridized carbons (Fsp3) is 0.562. The molecule has 1 rings (SSSR count). The molecule has 0 aliphatic carbocycles. The summed E-state index contributed by atoms with van der Waals surface area (Å²) >= 11 is 0. The molecule has 0 unspecified atom stereocenters. The van der Waals surface area contributed by atoms with E-state index < -0.39 is 0 Å². The predicted octanol–water partition coefficient (Wildman–Crippen LogP) is 2.51. The number of guanidine groups is 1. The second kappa shape index (κ2) is 10.3. The zero-order valence-electron chi connectivity index (χ0n) is 12.9. The van der Waals surface area contributed by atoms with Gasteiger partial charge >= 0.3 is 0 Å². The summed E-state index contributed by atoms with van der Waals surface area (Å²) in [6, 6.07) is 10.3. The third kappa shape index (κ3) is 7.14. The topological polar surface area (TPSA) is 36.9 Å². The molecule has 0 atom stereocenters. The number of nitrogens with zero attached hydrogens (tertiary/aromatic N) is 2. The van der Waals surface area contributed by atoms with Gasteiger partial charge in [0.25, 0.3) is 0 Å². The van der Waals surface area contributed by atoms with E-state index in [1.54, 1.807) is 0 Å². The molecule has 1 aromatic carbocycles. The van der Waals surface area contributed by atoms with E-state index in [-0.39, 0.29) is 0 Å². The lowest BCUT2D eigenvalue weighted by molar-refractivity contribution is 0.143. The molecule has 0 heterocycles. The maximum absolute atomic E-state index is 5.32. The maximum atomic E-state index is 5.32. The van der Waals surface area contributed by atoms with Gasteiger partial charge in [0, 0.05) is 33.9 Å². The van der Waals surface area contributed by atoms with E-state index in [9.17, 15) is 0 Å². The summed E-state index contributed by atoms with van der Waals surface area (Å²) in [5.74, 6) is 0.935. The minimum absolute atomic E-state index is 0.709. The predicted molar refractivity (Wildman–Crippen MR) is 85.0 cm³/mol. The van der Waals surface area contributed by atoms with Crippen LogP contribution in [0.15, 0.2) is 35.3 Å². The molecule has 0 saturated heterocycles. The first kappa shape index (κ1) is 16.5. The Bertz CT molecular complexity index is 377. The highest BCUT2D eigenvalue weighted by atomic mass is 16.5. The van der Waals surface area contributed by atoms with Crippen LogP contribution >= 0.6 is 0 Å². The molecule has 0 spiro atoms. The summed E-state index contributed by atoms with van der Waals surface area (Å²) < 4.78 is 5.32. The van der Waals surface area contributed by atoms with E-state index in [2.05, 4.69) is 22.4 Å². The van der Waals surface area contributed by atoms with Gasteiger partial charge in [-0.3, -0.25) is 0 Å². The second-order valence-corrected chi connectivity index (χ2v) is 4.85. The Labute approximate surface area is 122 Å². The Hall–Kier alpha value is -1.55. The quantitative estimate of drug-likeness (QED) is 0.451. The van der Waals surface area contributed by atoms with Crippen molar-refractivity contribution in [2.75, 3.05) is 33.9 Å². The first-order chi connectivity index (χ1) is 9.74. The van der Waals surface area contributed by atoms with Crippen LogP contribution in [0.3, 0.4) is 0 Å². The molecule has 0 fully saturated rings. The number of ether oxygens (including phenoxy) is 1. The first-order valence-corrected chi connectivity index (χ1v) is 7.31. The summed E-state index contributed by atoms with van der Waals surface area (Å²) in [7, 11) is 4.02. The fourth-order valence-electron chi connectivity index (χ4n) is 1.78. The fourth-order valence-corrected chi connectivity index (χ4v) is 1.78. The van der Waals surface area contributed by atoms with E-state index >= 15 is 0 Å². The smallest absolute Gasteiger partial charge is 0.193 e. The van der Waals surface area contributed by atoms with Crippen molar-refractivity contribution in [1.29, 1.82) is 0 Å². The maximum Gasteiger partial charge on any atom is 0.193 e. The van der Waals surface area contributed by atoms with Gasteiger partial charge in [0.05, 0.1) is 6.54 Å². The molecular formula is C16H27N3O. The van der Waals surface area contributed by atoms with Gasteiger partial charge in [-0.15, -0.1) is 0 Å². The summed E-state index contributed by atoms with van der Waals surface area (Å²) in [5, 5.41) is 3.39. The van der Waals surface area contributed by atoms with Gasteiger partial charge < -0.3 is 15.0 Å². The van der Waals surface area contributed by atoms with Gasteiger partial charge in [0.2, 0.25) is 0 Å². The molecule has 1 aromatic rings. The minimum Gasteiger partial charge on any atom is -0.382 e. The Morgan fingerprint density at radius 3 is 2.60 bits per heavy atom. The molecule has 0 aromatic heterocycles. The summed E-state index contributed by atoms with van der Waals surface area (Å²) in [6.07, 6.45) is 2.18. The molecule has 20 heavy (non-hydrogen) atoms. The molecule has 112 valence electrons. The normalized spacial score (nSPS) is 11.4. The van der Waals surface area contributed by atoms with Crippen LogP contribution in [-0.4, -0.2) is 44.7 Å². The number of unbranched alkanes of at least 4 members (excludes halogenated alkanes) is 1. The molecule has 1 N–H and O–H groups in total. The summed E-state index contributed by atoms with van der Waals surface area (Å²) in [4.78, 5) is 6.65. The Balaban J connectivity index is 2.32. The minimum atomic E-state index is 0.709. The van der Waals surface area contributed by atoms with Crippen molar-refractivity contribution in [1.82, 2.24) is 10.2 Å². The molecule has 0 aliphatic rings. The number of aliphatic imine (C=N–C) groups is 1. The number of hydrogen-bond donors (Lipinski definition) is 1. The monoisotopic (exact) mass is 277 g/mol. The standard InChI is InChI=1S/C16H27N3O/c1-4-20-13-9-8-12-17-16(19(2)3)18-14-15-10-6-5-7-11-15/h5-7,10-11H,4,8-9,12-14H2,1-3H3,(H,17,18). The summed E-state index contributed by atoms with van der Waals surface area (Å²) in [5.41, 5.74) is 1.23. The SMILES string of the molecule is CCOCCCCNC(=NCc1ccccc1)N(C)C. The number of benzene rings is 1. The van der Waals surface area contributed by atoms with E-state index in [1.807, 2.05) is 44.1 Å². The zero-order chi connectivity index (χ0) is 14.6. The van der Waals surface area contributed by atoms with Gasteiger partial charge in [-0.05, 0) is 25.3 Å². The number of hydrogen-bond acceptors (Lipinski definition) is 2. The molecular weight excluding hydrogens is 250 g/mol. The van der Waals surface area contributed by atoms with Gasteiger partial charge in [-0.25, -0.2) is 4.99 Å². The van der Waals surface area contributed by atoms with Crippen LogP contribution in [0.1, 0.15) is 25.3 Å². The lowest BCUT2D eigenvalue weighted by atomic mass is 10.2. The highest BCUT2D eigenvalue weighted by Crippen LogP contribution is 2.00. The molecule has 0 amide bonds. The molecule has 0 saturated carbocycles. The molecule has 0 aliphatic heterocycles. The highest BCUT2D eigenvalue weighted by molar-refractivity contribution is 5.79. The lowest BCUT2D eigenvalue weighted by Gasteiger charge is -2.17. The van der Waals surface area contributed by atoms with Crippen molar-refractivity contribution in [3.63, 3.8) is 0 Å². The molecule has 0 radical (unpaired) electrons. The van der Waals surface area contributed by atoms with Gasteiger partial charge in [-0.2, -0.15) is 0 Å². The van der Waals surface area contributed by atoms with Crippen molar-refractivity contribution in [3.05, 3.63) is 35.9 Å². The van der Waals surface area contributed by atoms with Gasteiger partial charge in [0.15, 0.2) is 5.96 Å². The average molecular weight is 277 g/mol. The molecule has 4 heteroatoms. The van der Waals surface area contributed by atoms with Crippen LogP contribution in [-0.2, 0) is 11.3 Å². The first-order valence-electron chi connectivity index (χ1n) is 7.31. The van der Waals surface area contributed by atoms with Crippen LogP contribution < -0.4 is 5.32 Å². The van der Waals surface area contributed by atoms with Crippen LogP contribution in [0.2, 0.25) is 0 Å². The van der Waals surface area contributed by atoms with E-state index in [0.717, 1.165) is 38.6 Å². The number of rotatable bonds is 8. The van der Waals surface area contributed by atoms with Crippen LogP contribution in [0.5, 0.6) is 0 Å². The van der Waals surface area contributed by atoms with Crippen molar-refractivity contribution < 1.29 is 4.74 Å². The van der Waals surface area contributed by atoms with Crippen molar-refractivity contribution in [3.8, 4) is 0 Å². The summed E-state index contributed by atoms with van der Waals surface area (Å²) in [6.45, 7) is 5.31. The largest absolute Gasteiger partial charge is 0.382 e. The van der Waals surface area contributed by atoms with Crippen LogP contribution in [0.25, 0.3) is 0 Å².